The van der Waals surface area contributed by atoms with Crippen molar-refractivity contribution in [2.24, 2.45) is 0 Å². The minimum atomic E-state index is -1.83. The molecular weight excluding hydrogens is 802 g/mol. The van der Waals surface area contributed by atoms with E-state index in [1.54, 1.807) is 0 Å². The standard InChI is InChI=1S/C16H30O3S4.2Bi.O/c17-15(7-3-1-5-13(22)9-11-20)19-16(18)8-4-2-6-14(23)10-12-21;;;/h13-14,20-23H,1-12H2;;;/q;2*+2;/p-4. The van der Waals surface area contributed by atoms with Crippen LogP contribution in [0.4, 0.5) is 0 Å². The maximum atomic E-state index is 11.8. The number of cyclic esters (lactones) is 2. The Hall–Kier alpha value is 2.27. The number of hydrogen-bond acceptors (Lipinski definition) is 8. The summed E-state index contributed by atoms with van der Waals surface area (Å²) in [6, 6.07) is 0. The van der Waals surface area contributed by atoms with Crippen LogP contribution in [0.15, 0.2) is 0 Å². The molecule has 0 N–H and O–H groups in total. The van der Waals surface area contributed by atoms with Crippen LogP contribution in [0, 0.1) is 0 Å². The fourth-order valence-corrected chi connectivity index (χ4v) is 94.8. The minimum absolute atomic E-state index is 0.334. The Morgan fingerprint density at radius 2 is 1.23 bits per heavy atom. The molecule has 0 saturated carbocycles. The Balaban J connectivity index is 1.54. The van der Waals surface area contributed by atoms with E-state index in [9.17, 15) is 9.59 Å². The van der Waals surface area contributed by atoms with Gasteiger partial charge in [-0.1, -0.05) is 0 Å². The van der Waals surface area contributed by atoms with Crippen molar-refractivity contribution in [3.63, 3.8) is 0 Å². The summed E-state index contributed by atoms with van der Waals surface area (Å²) in [6.45, 7) is 0. The van der Waals surface area contributed by atoms with Crippen molar-refractivity contribution in [2.75, 3.05) is 11.5 Å². The second kappa shape index (κ2) is 12.8. The first-order chi connectivity index (χ1) is 12.7. The van der Waals surface area contributed by atoms with E-state index in [4.69, 9.17) is 5.63 Å². The Morgan fingerprint density at radius 3 is 1.73 bits per heavy atom. The molecule has 3 rings (SSSR count). The first-order valence-corrected chi connectivity index (χ1v) is 32.7. The zero-order valence-corrected chi connectivity index (χ0v) is 25.0. The molecule has 4 nitrogen and oxygen atoms in total. The van der Waals surface area contributed by atoms with Crippen molar-refractivity contribution >= 4 is 84.5 Å². The van der Waals surface area contributed by atoms with Crippen LogP contribution >= 0.6 is 34.1 Å². The molecule has 0 radical (unpaired) electrons. The molecule has 0 aliphatic carbocycles. The van der Waals surface area contributed by atoms with E-state index in [-0.39, 0.29) is 11.9 Å². The third-order valence-corrected chi connectivity index (χ3v) is 68.5. The molecule has 3 saturated heterocycles. The van der Waals surface area contributed by atoms with E-state index in [0.29, 0.717) is 12.8 Å². The first-order valence-electron chi connectivity index (χ1n) is 9.30. The predicted octanol–water partition coefficient (Wildman–Crippen LogP) is 4.65. The van der Waals surface area contributed by atoms with Gasteiger partial charge in [-0.25, -0.2) is 0 Å². The molecule has 0 amide bonds. The second-order valence-electron chi connectivity index (χ2n) is 6.57. The quantitative estimate of drug-likeness (QED) is 0.199. The van der Waals surface area contributed by atoms with Crippen LogP contribution < -0.4 is 0 Å². The third-order valence-electron chi connectivity index (χ3n) is 4.42. The van der Waals surface area contributed by atoms with Gasteiger partial charge in [-0.3, -0.25) is 0 Å². The summed E-state index contributed by atoms with van der Waals surface area (Å²) in [5.41, 5.74) is 0. The molecule has 2 atom stereocenters. The van der Waals surface area contributed by atoms with Gasteiger partial charge in [0.15, 0.2) is 0 Å². The zero-order chi connectivity index (χ0) is 18.2. The number of hydrogen-bond donors (Lipinski definition) is 0. The molecule has 3 aliphatic heterocycles. The van der Waals surface area contributed by atoms with Crippen LogP contribution in [0.2, 0.25) is 0 Å². The summed E-state index contributed by atoms with van der Waals surface area (Å²) in [5.74, 6) is 1.89. The van der Waals surface area contributed by atoms with Crippen molar-refractivity contribution in [3.8, 4) is 0 Å². The molecule has 10 heteroatoms. The van der Waals surface area contributed by atoms with Crippen molar-refractivity contribution in [3.05, 3.63) is 0 Å². The van der Waals surface area contributed by atoms with Gasteiger partial charge in [-0.05, 0) is 0 Å². The Kier molecular flexibility index (Phi) is 11.3. The van der Waals surface area contributed by atoms with E-state index in [0.717, 1.165) is 36.2 Å². The topological polar surface area (TPSA) is 52.6 Å². The summed E-state index contributed by atoms with van der Waals surface area (Å²) in [6.07, 6.45) is 9.50. The van der Waals surface area contributed by atoms with Crippen molar-refractivity contribution in [1.29, 1.82) is 0 Å². The fourth-order valence-electron chi connectivity index (χ4n) is 2.97. The summed E-state index contributed by atoms with van der Waals surface area (Å²) in [7, 11) is 8.83. The normalized spacial score (nSPS) is 31.7. The molecule has 3 aliphatic rings. The van der Waals surface area contributed by atoms with Crippen LogP contribution in [-0.4, -0.2) is 72.5 Å². The monoisotopic (exact) mass is 828 g/mol. The fraction of sp³-hybridized carbons (Fsp3) is 0.875. The molecular formula is C16H26Bi2O4S4. The number of esters is 2. The Bertz CT molecular complexity index is 445. The Morgan fingerprint density at radius 1 is 0.731 bits per heavy atom. The molecule has 26 heavy (non-hydrogen) atoms. The van der Waals surface area contributed by atoms with Gasteiger partial charge in [0.25, 0.3) is 0 Å². The summed E-state index contributed by atoms with van der Waals surface area (Å²) < 4.78 is 11.8. The van der Waals surface area contributed by atoms with E-state index >= 15 is 0 Å². The van der Waals surface area contributed by atoms with Gasteiger partial charge in [-0.2, -0.15) is 0 Å². The summed E-state index contributed by atoms with van der Waals surface area (Å²) >= 11 is -3.66. The van der Waals surface area contributed by atoms with Gasteiger partial charge in [0, 0.05) is 0 Å². The van der Waals surface area contributed by atoms with Crippen LogP contribution in [0.3, 0.4) is 0 Å². The van der Waals surface area contributed by atoms with Gasteiger partial charge in [0.1, 0.15) is 0 Å². The zero-order valence-electron chi connectivity index (χ0n) is 14.8. The van der Waals surface area contributed by atoms with Crippen molar-refractivity contribution in [2.45, 2.75) is 74.7 Å². The first kappa shape index (κ1) is 22.9. The number of ether oxygens (including phenoxy) is 1. The number of rotatable bonds is 0. The molecule has 3 heterocycles. The van der Waals surface area contributed by atoms with E-state index < -0.39 is 38.5 Å². The molecule has 3 fully saturated rings. The number of carbonyl (C=O) groups excluding carboxylic acids is 2. The van der Waals surface area contributed by atoms with Gasteiger partial charge >= 0.3 is 186 Å². The molecule has 0 aromatic carbocycles. The van der Waals surface area contributed by atoms with Crippen molar-refractivity contribution in [1.82, 2.24) is 0 Å². The Labute approximate surface area is 183 Å². The summed E-state index contributed by atoms with van der Waals surface area (Å²) in [5, 5.41) is 1.48. The van der Waals surface area contributed by atoms with Gasteiger partial charge in [0.05, 0.1) is 0 Å². The van der Waals surface area contributed by atoms with E-state index in [2.05, 4.69) is 34.1 Å². The number of carbonyl (C=O) groups is 2. The van der Waals surface area contributed by atoms with E-state index in [1.165, 1.54) is 37.2 Å². The van der Waals surface area contributed by atoms with Crippen LogP contribution in [0.25, 0.3) is 0 Å². The maximum absolute atomic E-state index is 11.8. The molecule has 0 aromatic rings. The third kappa shape index (κ3) is 8.56. The average molecular weight is 829 g/mol. The van der Waals surface area contributed by atoms with Crippen LogP contribution in [-0.2, 0) is 15.2 Å². The van der Waals surface area contributed by atoms with Gasteiger partial charge in [-0.15, -0.1) is 0 Å². The number of fused-ring (bicyclic) bond motifs is 4. The average Bonchev–Trinajstić information content (AvgIpc) is 2.62. The SMILES string of the molecule is O=C1CCCCC2CC[S][Bi]([O][Bi]3[S]CCC(CCCCC(=O)O1)[S]3)[S]2. The predicted molar refractivity (Wildman–Crippen MR) is 118 cm³/mol. The van der Waals surface area contributed by atoms with Crippen LogP contribution in [0.1, 0.15) is 64.2 Å². The van der Waals surface area contributed by atoms with Crippen LogP contribution in [0.5, 0.6) is 0 Å². The molecule has 2 unspecified atom stereocenters. The van der Waals surface area contributed by atoms with Crippen molar-refractivity contribution < 1.29 is 15.2 Å². The second-order valence-corrected chi connectivity index (χ2v) is 46.0. The summed E-state index contributed by atoms with van der Waals surface area (Å²) in [4.78, 5) is 23.6. The van der Waals surface area contributed by atoms with E-state index in [1.807, 2.05) is 0 Å². The molecule has 148 valence electrons. The molecule has 0 spiro atoms. The van der Waals surface area contributed by atoms with Gasteiger partial charge in [0.2, 0.25) is 0 Å². The molecule has 0 aromatic heterocycles. The van der Waals surface area contributed by atoms with Gasteiger partial charge < -0.3 is 0 Å². The molecule has 4 bridgehead atoms.